The van der Waals surface area contributed by atoms with Crippen molar-refractivity contribution in [1.82, 2.24) is 0 Å². The second-order valence-electron chi connectivity index (χ2n) is 4.42. The monoisotopic (exact) mass is 273 g/mol. The summed E-state index contributed by atoms with van der Waals surface area (Å²) in [5.41, 5.74) is 1.23. The number of thiophene rings is 1. The van der Waals surface area contributed by atoms with Gasteiger partial charge in [-0.3, -0.25) is 4.79 Å². The largest absolute Gasteiger partial charge is 0.372 e. The third-order valence-electron chi connectivity index (χ3n) is 3.13. The molecule has 1 aromatic heterocycles. The van der Waals surface area contributed by atoms with E-state index in [-0.39, 0.29) is 5.78 Å². The first-order chi connectivity index (χ1) is 9.31. The van der Waals surface area contributed by atoms with Gasteiger partial charge in [0, 0.05) is 25.2 Å². The lowest BCUT2D eigenvalue weighted by Gasteiger charge is -2.22. The van der Waals surface area contributed by atoms with Gasteiger partial charge in [-0.2, -0.15) is 0 Å². The maximum absolute atomic E-state index is 11.9. The summed E-state index contributed by atoms with van der Waals surface area (Å²) < 4.78 is 0. The molecule has 0 aliphatic rings. The second kappa shape index (κ2) is 7.10. The van der Waals surface area contributed by atoms with Crippen molar-refractivity contribution < 1.29 is 4.79 Å². The highest BCUT2D eigenvalue weighted by atomic mass is 32.1. The van der Waals surface area contributed by atoms with Crippen LogP contribution in [0.5, 0.6) is 0 Å². The van der Waals surface area contributed by atoms with Gasteiger partial charge in [0.05, 0.1) is 4.88 Å². The maximum Gasteiger partial charge on any atom is 0.172 e. The number of nitrogens with zero attached hydrogens (tertiary/aromatic N) is 1. The van der Waals surface area contributed by atoms with Gasteiger partial charge in [-0.1, -0.05) is 24.3 Å². The van der Waals surface area contributed by atoms with Crippen LogP contribution in [0.2, 0.25) is 0 Å². The molecule has 0 N–H and O–H groups in total. The van der Waals surface area contributed by atoms with E-state index in [1.54, 1.807) is 0 Å². The highest BCUT2D eigenvalue weighted by molar-refractivity contribution is 7.12. The molecule has 0 amide bonds. The van der Waals surface area contributed by atoms with Gasteiger partial charge in [0.25, 0.3) is 0 Å². The number of anilines is 1. The first kappa shape index (κ1) is 13.8. The van der Waals surface area contributed by atoms with Crippen molar-refractivity contribution in [2.75, 3.05) is 18.0 Å². The predicted octanol–water partition coefficient (Wildman–Crippen LogP) is 4.24. The zero-order valence-corrected chi connectivity index (χ0v) is 12.0. The molecule has 19 heavy (non-hydrogen) atoms. The molecule has 3 heteroatoms. The Balaban J connectivity index is 1.83. The third-order valence-corrected chi connectivity index (χ3v) is 4.04. The lowest BCUT2D eigenvalue weighted by molar-refractivity contribution is 0.0984. The van der Waals surface area contributed by atoms with Crippen molar-refractivity contribution in [3.63, 3.8) is 0 Å². The zero-order chi connectivity index (χ0) is 13.5. The molecule has 100 valence electrons. The summed E-state index contributed by atoms with van der Waals surface area (Å²) in [6.45, 7) is 4.04. The van der Waals surface area contributed by atoms with E-state index in [2.05, 4.69) is 36.1 Å². The lowest BCUT2D eigenvalue weighted by atomic mass is 10.2. The molecule has 1 aromatic carbocycles. The van der Waals surface area contributed by atoms with Gasteiger partial charge in [0.15, 0.2) is 5.78 Å². The van der Waals surface area contributed by atoms with Gasteiger partial charge in [-0.15, -0.1) is 11.3 Å². The minimum absolute atomic E-state index is 0.263. The van der Waals surface area contributed by atoms with Crippen LogP contribution >= 0.6 is 11.3 Å². The summed E-state index contributed by atoms with van der Waals surface area (Å²) in [5, 5.41) is 1.95. The number of benzene rings is 1. The molecule has 0 spiro atoms. The van der Waals surface area contributed by atoms with Crippen LogP contribution in [0, 0.1) is 0 Å². The fourth-order valence-corrected chi connectivity index (χ4v) is 2.79. The number of carbonyl (C=O) groups is 1. The van der Waals surface area contributed by atoms with Crippen molar-refractivity contribution in [1.29, 1.82) is 0 Å². The van der Waals surface area contributed by atoms with Crippen LogP contribution in [0.3, 0.4) is 0 Å². The summed E-state index contributed by atoms with van der Waals surface area (Å²) in [7, 11) is 0. The smallest absolute Gasteiger partial charge is 0.172 e. The Kier molecular flexibility index (Phi) is 5.16. The van der Waals surface area contributed by atoms with Gasteiger partial charge < -0.3 is 4.90 Å². The van der Waals surface area contributed by atoms with Crippen molar-refractivity contribution in [2.45, 2.75) is 19.8 Å². The summed E-state index contributed by atoms with van der Waals surface area (Å²) in [6, 6.07) is 14.2. The van der Waals surface area contributed by atoms with Crippen LogP contribution in [-0.2, 0) is 0 Å². The molecule has 2 rings (SSSR count). The highest BCUT2D eigenvalue weighted by Crippen LogP contribution is 2.15. The standard InChI is InChI=1S/C16H19NOS/c1-2-17(14-8-4-3-5-9-14)12-6-10-15(18)16-11-7-13-19-16/h3-5,7-9,11,13H,2,6,10,12H2,1H3. The fraction of sp³-hybridized carbons (Fsp3) is 0.312. The molecular formula is C16H19NOS. The third kappa shape index (κ3) is 3.93. The van der Waals surface area contributed by atoms with Crippen molar-refractivity contribution in [3.8, 4) is 0 Å². The summed E-state index contributed by atoms with van der Waals surface area (Å²) in [4.78, 5) is 15.1. The minimum Gasteiger partial charge on any atom is -0.372 e. The molecular weight excluding hydrogens is 254 g/mol. The van der Waals surface area contributed by atoms with Gasteiger partial charge in [0.1, 0.15) is 0 Å². The van der Waals surface area contributed by atoms with Crippen molar-refractivity contribution in [2.24, 2.45) is 0 Å². The molecule has 0 aliphatic carbocycles. The van der Waals surface area contributed by atoms with E-state index in [4.69, 9.17) is 0 Å². The lowest BCUT2D eigenvalue weighted by Crippen LogP contribution is -2.24. The topological polar surface area (TPSA) is 20.3 Å². The van der Waals surface area contributed by atoms with Gasteiger partial charge >= 0.3 is 0 Å². The molecule has 0 saturated carbocycles. The van der Waals surface area contributed by atoms with Crippen LogP contribution in [0.4, 0.5) is 5.69 Å². The number of Topliss-reactive ketones (excluding diaryl/α,β-unsaturated/α-hetero) is 1. The molecule has 0 bridgehead atoms. The molecule has 0 radical (unpaired) electrons. The Morgan fingerprint density at radius 1 is 1.16 bits per heavy atom. The van der Waals surface area contributed by atoms with Gasteiger partial charge in [-0.05, 0) is 36.9 Å². The molecule has 0 atom stereocenters. The molecule has 2 nitrogen and oxygen atoms in total. The van der Waals surface area contributed by atoms with Crippen LogP contribution < -0.4 is 4.90 Å². The van der Waals surface area contributed by atoms with E-state index in [9.17, 15) is 4.79 Å². The number of carbonyl (C=O) groups excluding carboxylic acids is 1. The number of hydrogen-bond donors (Lipinski definition) is 0. The summed E-state index contributed by atoms with van der Waals surface area (Å²) in [5.74, 6) is 0.263. The van der Waals surface area contributed by atoms with Crippen molar-refractivity contribution >= 4 is 22.8 Å². The normalized spacial score (nSPS) is 10.4. The van der Waals surface area contributed by atoms with E-state index in [0.717, 1.165) is 24.4 Å². The Morgan fingerprint density at radius 2 is 1.95 bits per heavy atom. The Labute approximate surface area is 118 Å². The molecule has 0 saturated heterocycles. The van der Waals surface area contributed by atoms with E-state index < -0.39 is 0 Å². The molecule has 0 fully saturated rings. The molecule has 1 heterocycles. The summed E-state index contributed by atoms with van der Waals surface area (Å²) >= 11 is 1.53. The first-order valence-electron chi connectivity index (χ1n) is 6.68. The minimum atomic E-state index is 0.263. The summed E-state index contributed by atoms with van der Waals surface area (Å²) in [6.07, 6.45) is 1.53. The van der Waals surface area contributed by atoms with E-state index in [0.29, 0.717) is 6.42 Å². The van der Waals surface area contributed by atoms with Crippen LogP contribution in [0.25, 0.3) is 0 Å². The Bertz CT molecular complexity index is 493. The number of ketones is 1. The van der Waals surface area contributed by atoms with E-state index >= 15 is 0 Å². The first-order valence-corrected chi connectivity index (χ1v) is 7.56. The zero-order valence-electron chi connectivity index (χ0n) is 11.2. The average Bonchev–Trinajstić information content (AvgIpc) is 2.98. The predicted molar refractivity (Wildman–Crippen MR) is 82.2 cm³/mol. The van der Waals surface area contributed by atoms with Crippen LogP contribution in [0.15, 0.2) is 47.8 Å². The Hall–Kier alpha value is -1.61. The van der Waals surface area contributed by atoms with Crippen molar-refractivity contribution in [3.05, 3.63) is 52.7 Å². The number of hydrogen-bond acceptors (Lipinski definition) is 3. The SMILES string of the molecule is CCN(CCCC(=O)c1cccs1)c1ccccc1. The molecule has 0 unspecified atom stereocenters. The average molecular weight is 273 g/mol. The molecule has 0 aliphatic heterocycles. The fourth-order valence-electron chi connectivity index (χ4n) is 2.10. The van der Waals surface area contributed by atoms with Gasteiger partial charge in [0.2, 0.25) is 0 Å². The van der Waals surface area contributed by atoms with E-state index in [1.807, 2.05) is 23.6 Å². The number of para-hydroxylation sites is 1. The van der Waals surface area contributed by atoms with Crippen LogP contribution in [-0.4, -0.2) is 18.9 Å². The maximum atomic E-state index is 11.9. The van der Waals surface area contributed by atoms with Gasteiger partial charge in [-0.25, -0.2) is 0 Å². The quantitative estimate of drug-likeness (QED) is 0.703. The van der Waals surface area contributed by atoms with E-state index in [1.165, 1.54) is 17.0 Å². The second-order valence-corrected chi connectivity index (χ2v) is 5.37. The van der Waals surface area contributed by atoms with Crippen LogP contribution in [0.1, 0.15) is 29.4 Å². The number of rotatable bonds is 7. The molecule has 2 aromatic rings. The highest BCUT2D eigenvalue weighted by Gasteiger charge is 2.08. The Morgan fingerprint density at radius 3 is 2.58 bits per heavy atom.